The number of aromatic nitrogens is 2. The standard InChI is InChI=1S/C17H12N2O3/c1-9-3-5-13-11(7-9)17(21)19-14-6-4-10(22-2)8-12(14)15(20)16(19)18-13/h3-8H,1-2H3. The molecule has 2 heterocycles. The zero-order chi connectivity index (χ0) is 15.4. The Morgan fingerprint density at radius 2 is 1.91 bits per heavy atom. The number of ether oxygens (including phenoxy) is 1. The lowest BCUT2D eigenvalue weighted by Gasteiger charge is -2.06. The zero-order valence-corrected chi connectivity index (χ0v) is 12.1. The van der Waals surface area contributed by atoms with Crippen molar-refractivity contribution in [1.29, 1.82) is 0 Å². The summed E-state index contributed by atoms with van der Waals surface area (Å²) in [6.07, 6.45) is 0. The molecule has 0 saturated heterocycles. The fourth-order valence-electron chi connectivity index (χ4n) is 2.81. The molecular weight excluding hydrogens is 280 g/mol. The van der Waals surface area contributed by atoms with E-state index in [2.05, 4.69) is 4.98 Å². The molecule has 4 rings (SSSR count). The van der Waals surface area contributed by atoms with E-state index in [-0.39, 0.29) is 17.2 Å². The average Bonchev–Trinajstić information content (AvgIpc) is 2.81. The number of fused-ring (bicyclic) bond motifs is 4. The van der Waals surface area contributed by atoms with E-state index in [4.69, 9.17) is 4.74 Å². The lowest BCUT2D eigenvalue weighted by molar-refractivity contribution is 0.103. The second-order valence-electron chi connectivity index (χ2n) is 5.31. The largest absolute Gasteiger partial charge is 0.497 e. The molecular formula is C17H12N2O3. The zero-order valence-electron chi connectivity index (χ0n) is 12.1. The molecule has 1 aliphatic rings. The van der Waals surface area contributed by atoms with Crippen molar-refractivity contribution in [3.05, 3.63) is 63.7 Å². The van der Waals surface area contributed by atoms with E-state index in [1.807, 2.05) is 13.0 Å². The maximum atomic E-state index is 12.8. The van der Waals surface area contributed by atoms with Gasteiger partial charge in [-0.1, -0.05) is 11.6 Å². The number of rotatable bonds is 1. The Balaban J connectivity index is 2.12. The molecule has 0 unspecified atom stereocenters. The van der Waals surface area contributed by atoms with Crippen molar-refractivity contribution in [2.24, 2.45) is 0 Å². The molecule has 5 heteroatoms. The van der Waals surface area contributed by atoms with Gasteiger partial charge in [0, 0.05) is 0 Å². The smallest absolute Gasteiger partial charge is 0.266 e. The first-order chi connectivity index (χ1) is 10.6. The molecule has 0 bridgehead atoms. The van der Waals surface area contributed by atoms with Gasteiger partial charge in [0.1, 0.15) is 5.75 Å². The molecule has 0 fully saturated rings. The Morgan fingerprint density at radius 3 is 2.68 bits per heavy atom. The van der Waals surface area contributed by atoms with Gasteiger partial charge >= 0.3 is 0 Å². The number of hydrogen-bond acceptors (Lipinski definition) is 4. The Hall–Kier alpha value is -2.95. The number of aryl methyl sites for hydroxylation is 1. The van der Waals surface area contributed by atoms with E-state index in [1.165, 1.54) is 11.7 Å². The van der Waals surface area contributed by atoms with Crippen LogP contribution in [-0.2, 0) is 0 Å². The molecule has 0 spiro atoms. The Kier molecular flexibility index (Phi) is 2.48. The lowest BCUT2D eigenvalue weighted by atomic mass is 10.1. The van der Waals surface area contributed by atoms with Crippen molar-refractivity contribution < 1.29 is 9.53 Å². The lowest BCUT2D eigenvalue weighted by Crippen LogP contribution is -2.21. The fourth-order valence-corrected chi connectivity index (χ4v) is 2.81. The van der Waals surface area contributed by atoms with Crippen molar-refractivity contribution in [2.75, 3.05) is 7.11 Å². The third-order valence-electron chi connectivity index (χ3n) is 3.92. The SMILES string of the molecule is COc1ccc2c(c1)C(=O)c1nc3ccc(C)cc3c(=O)n1-2. The quantitative estimate of drug-likeness (QED) is 0.540. The summed E-state index contributed by atoms with van der Waals surface area (Å²) in [4.78, 5) is 29.7. The predicted molar refractivity (Wildman–Crippen MR) is 82.1 cm³/mol. The van der Waals surface area contributed by atoms with Gasteiger partial charge in [0.2, 0.25) is 5.78 Å². The van der Waals surface area contributed by atoms with Crippen molar-refractivity contribution in [3.8, 4) is 11.4 Å². The van der Waals surface area contributed by atoms with Crippen LogP contribution >= 0.6 is 0 Å². The second-order valence-corrected chi connectivity index (χ2v) is 5.31. The maximum absolute atomic E-state index is 12.8. The van der Waals surface area contributed by atoms with Crippen molar-refractivity contribution in [3.63, 3.8) is 0 Å². The summed E-state index contributed by atoms with van der Waals surface area (Å²) in [5, 5.41) is 0.514. The van der Waals surface area contributed by atoms with Gasteiger partial charge < -0.3 is 4.74 Å². The van der Waals surface area contributed by atoms with Crippen LogP contribution in [0, 0.1) is 6.92 Å². The number of benzene rings is 2. The molecule has 3 aromatic rings. The molecule has 0 amide bonds. The number of hydrogen-bond donors (Lipinski definition) is 0. The van der Waals surface area contributed by atoms with Crippen LogP contribution in [0.4, 0.5) is 0 Å². The average molecular weight is 292 g/mol. The van der Waals surface area contributed by atoms with Crippen LogP contribution in [-0.4, -0.2) is 22.4 Å². The molecule has 0 saturated carbocycles. The van der Waals surface area contributed by atoms with E-state index >= 15 is 0 Å². The minimum Gasteiger partial charge on any atom is -0.497 e. The minimum absolute atomic E-state index is 0.157. The number of carbonyl (C=O) groups is 1. The number of carbonyl (C=O) groups excluding carboxylic acids is 1. The van der Waals surface area contributed by atoms with Gasteiger partial charge in [-0.3, -0.25) is 14.2 Å². The summed E-state index contributed by atoms with van der Waals surface area (Å²) in [5.74, 6) is 0.478. The van der Waals surface area contributed by atoms with E-state index in [0.29, 0.717) is 27.9 Å². The van der Waals surface area contributed by atoms with E-state index in [0.717, 1.165) is 5.56 Å². The first-order valence-corrected chi connectivity index (χ1v) is 6.86. The highest BCUT2D eigenvalue weighted by Gasteiger charge is 2.30. The van der Waals surface area contributed by atoms with Crippen LogP contribution in [0.15, 0.2) is 41.2 Å². The summed E-state index contributed by atoms with van der Waals surface area (Å²) in [5.41, 5.74) is 2.29. The number of ketones is 1. The molecule has 108 valence electrons. The summed E-state index contributed by atoms with van der Waals surface area (Å²) >= 11 is 0. The van der Waals surface area contributed by atoms with E-state index in [1.54, 1.807) is 30.3 Å². The van der Waals surface area contributed by atoms with Crippen LogP contribution < -0.4 is 10.3 Å². The van der Waals surface area contributed by atoms with E-state index < -0.39 is 0 Å². The van der Waals surface area contributed by atoms with Gasteiger partial charge in [-0.05, 0) is 37.3 Å². The highest BCUT2D eigenvalue weighted by molar-refractivity contribution is 6.13. The van der Waals surface area contributed by atoms with Gasteiger partial charge in [-0.25, -0.2) is 4.98 Å². The van der Waals surface area contributed by atoms with Crippen LogP contribution in [0.3, 0.4) is 0 Å². The summed E-state index contributed by atoms with van der Waals surface area (Å²) < 4.78 is 6.54. The third-order valence-corrected chi connectivity index (χ3v) is 3.92. The Labute approximate surface area is 125 Å². The third kappa shape index (κ3) is 1.56. The van der Waals surface area contributed by atoms with Crippen LogP contribution in [0.5, 0.6) is 5.75 Å². The Morgan fingerprint density at radius 1 is 1.09 bits per heavy atom. The van der Waals surface area contributed by atoms with Gasteiger partial charge in [-0.2, -0.15) is 0 Å². The number of nitrogens with zero attached hydrogens (tertiary/aromatic N) is 2. The van der Waals surface area contributed by atoms with Crippen molar-refractivity contribution in [1.82, 2.24) is 9.55 Å². The maximum Gasteiger partial charge on any atom is 0.266 e. The molecule has 0 N–H and O–H groups in total. The molecule has 1 aliphatic heterocycles. The van der Waals surface area contributed by atoms with E-state index in [9.17, 15) is 9.59 Å². The van der Waals surface area contributed by atoms with Crippen molar-refractivity contribution >= 4 is 16.7 Å². The number of methoxy groups -OCH3 is 1. The Bertz CT molecular complexity index is 1020. The first-order valence-electron chi connectivity index (χ1n) is 6.86. The van der Waals surface area contributed by atoms with Crippen LogP contribution in [0.2, 0.25) is 0 Å². The molecule has 2 aromatic carbocycles. The first kappa shape index (κ1) is 12.8. The highest BCUT2D eigenvalue weighted by atomic mass is 16.5. The molecule has 22 heavy (non-hydrogen) atoms. The monoisotopic (exact) mass is 292 g/mol. The molecule has 5 nitrogen and oxygen atoms in total. The summed E-state index contributed by atoms with van der Waals surface area (Å²) in [7, 11) is 1.54. The van der Waals surface area contributed by atoms with Crippen molar-refractivity contribution in [2.45, 2.75) is 6.92 Å². The molecule has 0 radical (unpaired) electrons. The molecule has 0 aliphatic carbocycles. The van der Waals surface area contributed by atoms with Gasteiger partial charge in [0.05, 0.1) is 29.3 Å². The van der Waals surface area contributed by atoms with Gasteiger partial charge in [-0.15, -0.1) is 0 Å². The molecule has 1 aromatic heterocycles. The van der Waals surface area contributed by atoms with Gasteiger partial charge in [0.25, 0.3) is 5.56 Å². The molecule has 0 atom stereocenters. The summed E-state index contributed by atoms with van der Waals surface area (Å²) in [6, 6.07) is 10.5. The topological polar surface area (TPSA) is 61.2 Å². The van der Waals surface area contributed by atoms with Gasteiger partial charge in [0.15, 0.2) is 5.82 Å². The predicted octanol–water partition coefficient (Wildman–Crippen LogP) is 2.25. The summed E-state index contributed by atoms with van der Waals surface area (Å²) in [6.45, 7) is 1.92. The highest BCUT2D eigenvalue weighted by Crippen LogP contribution is 2.29. The van der Waals surface area contributed by atoms with Crippen LogP contribution in [0.1, 0.15) is 21.7 Å². The fraction of sp³-hybridized carbons (Fsp3) is 0.118. The second kappa shape index (κ2) is 4.27. The van der Waals surface area contributed by atoms with Crippen LogP contribution in [0.25, 0.3) is 16.6 Å². The normalized spacial score (nSPS) is 12.4. The minimum atomic E-state index is -0.256.